The molecule has 0 aromatic carbocycles. The quantitative estimate of drug-likeness (QED) is 0.0264. The second kappa shape index (κ2) is 46.5. The molecule has 0 bridgehead atoms. The third kappa shape index (κ3) is 44.0. The zero-order valence-electron chi connectivity index (χ0n) is 37.8. The average Bonchev–Trinajstić information content (AvgIpc) is 3.22. The molecule has 0 fully saturated rings. The Bertz CT molecular complexity index is 1110. The van der Waals surface area contributed by atoms with E-state index in [-0.39, 0.29) is 31.1 Å². The van der Waals surface area contributed by atoms with Crippen LogP contribution in [0.1, 0.15) is 220 Å². The van der Waals surface area contributed by atoms with Crippen LogP contribution in [0.2, 0.25) is 0 Å². The predicted octanol–water partition coefficient (Wildman–Crippen LogP) is 15.5. The van der Waals surface area contributed by atoms with Gasteiger partial charge in [-0.15, -0.1) is 0 Å². The van der Waals surface area contributed by atoms with Gasteiger partial charge < -0.3 is 14.2 Å². The molecule has 58 heavy (non-hydrogen) atoms. The number of rotatable bonds is 42. The third-order valence-electron chi connectivity index (χ3n) is 9.95. The molecule has 6 heteroatoms. The van der Waals surface area contributed by atoms with Crippen molar-refractivity contribution in [1.29, 1.82) is 0 Å². The summed E-state index contributed by atoms with van der Waals surface area (Å²) in [6.07, 6.45) is 57.5. The van der Waals surface area contributed by atoms with E-state index in [2.05, 4.69) is 93.7 Å². The lowest BCUT2D eigenvalue weighted by atomic mass is 10.0. The Morgan fingerprint density at radius 3 is 1.16 bits per heavy atom. The molecule has 0 radical (unpaired) electrons. The lowest BCUT2D eigenvalue weighted by molar-refractivity contribution is -0.167. The molecule has 0 heterocycles. The van der Waals surface area contributed by atoms with E-state index in [0.29, 0.717) is 25.7 Å². The molecule has 0 saturated carbocycles. The minimum Gasteiger partial charge on any atom is -0.462 e. The van der Waals surface area contributed by atoms with Crippen molar-refractivity contribution in [3.05, 3.63) is 72.9 Å². The molecule has 0 aromatic rings. The van der Waals surface area contributed by atoms with Crippen LogP contribution in [0.5, 0.6) is 0 Å². The van der Waals surface area contributed by atoms with Crippen molar-refractivity contribution in [2.45, 2.75) is 226 Å². The van der Waals surface area contributed by atoms with Crippen LogP contribution in [-0.4, -0.2) is 37.2 Å². The molecule has 0 amide bonds. The molecule has 0 aliphatic heterocycles. The fraction of sp³-hybridized carbons (Fsp3) is 0.712. The SMILES string of the molecule is CC/C=C\C/C=C\C/C=C\C/C=C\C/C=C\CCCCCC(=O)OCC(COC(=O)CCC/C=C\CCCCCC)OC(=O)CCCCCCCCCCCCCC. The topological polar surface area (TPSA) is 78.9 Å². The van der Waals surface area contributed by atoms with E-state index in [1.54, 1.807) is 0 Å². The van der Waals surface area contributed by atoms with E-state index in [1.807, 2.05) is 0 Å². The Morgan fingerprint density at radius 1 is 0.362 bits per heavy atom. The van der Waals surface area contributed by atoms with Crippen molar-refractivity contribution in [3.63, 3.8) is 0 Å². The molecule has 332 valence electrons. The summed E-state index contributed by atoms with van der Waals surface area (Å²) < 4.78 is 16.7. The molecule has 6 nitrogen and oxygen atoms in total. The van der Waals surface area contributed by atoms with Crippen molar-refractivity contribution in [2.24, 2.45) is 0 Å². The van der Waals surface area contributed by atoms with Gasteiger partial charge in [0.05, 0.1) is 0 Å². The molecule has 0 aliphatic rings. The van der Waals surface area contributed by atoms with Crippen LogP contribution in [0.15, 0.2) is 72.9 Å². The Morgan fingerprint density at radius 2 is 0.690 bits per heavy atom. The van der Waals surface area contributed by atoms with E-state index < -0.39 is 6.10 Å². The monoisotopic (exact) mass is 809 g/mol. The largest absolute Gasteiger partial charge is 0.462 e. The van der Waals surface area contributed by atoms with Crippen molar-refractivity contribution in [3.8, 4) is 0 Å². The van der Waals surface area contributed by atoms with Gasteiger partial charge in [0.2, 0.25) is 0 Å². The van der Waals surface area contributed by atoms with Crippen molar-refractivity contribution in [2.75, 3.05) is 13.2 Å². The Hall–Kier alpha value is -3.15. The molecule has 1 atom stereocenters. The standard InChI is InChI=1S/C52H88O6/c1-4-7-10-13-16-19-21-23-24-25-26-27-28-29-31-33-36-39-42-45-51(54)57-48-49(47-56-50(53)44-41-38-35-32-18-15-12-9-6-3)58-52(55)46-43-40-37-34-30-22-20-17-14-11-8-5-2/h7,10,16,19,23-24,26-27,29,31-32,35,49H,4-6,8-9,11-15,17-18,20-22,25,28,30,33-34,36-48H2,1-3H3/b10-7-,19-16-,24-23-,27-26-,31-29-,35-32-. The normalized spacial score (nSPS) is 12.7. The summed E-state index contributed by atoms with van der Waals surface area (Å²) in [4.78, 5) is 37.7. The van der Waals surface area contributed by atoms with E-state index in [9.17, 15) is 14.4 Å². The number of allylic oxidation sites excluding steroid dienone is 12. The Labute approximate surface area is 357 Å². The molecule has 1 unspecified atom stereocenters. The molecule has 0 rings (SSSR count). The molecule has 0 saturated heterocycles. The van der Waals surface area contributed by atoms with Gasteiger partial charge in [0.15, 0.2) is 6.10 Å². The van der Waals surface area contributed by atoms with Gasteiger partial charge in [-0.2, -0.15) is 0 Å². The maximum absolute atomic E-state index is 12.7. The minimum atomic E-state index is -0.795. The van der Waals surface area contributed by atoms with Crippen molar-refractivity contribution < 1.29 is 28.6 Å². The first-order valence-electron chi connectivity index (χ1n) is 23.9. The van der Waals surface area contributed by atoms with Gasteiger partial charge in [-0.05, 0) is 83.5 Å². The lowest BCUT2D eigenvalue weighted by Gasteiger charge is -2.18. The van der Waals surface area contributed by atoms with Gasteiger partial charge >= 0.3 is 17.9 Å². The number of hydrogen-bond acceptors (Lipinski definition) is 6. The number of ether oxygens (including phenoxy) is 3. The summed E-state index contributed by atoms with van der Waals surface area (Å²) in [6, 6.07) is 0. The highest BCUT2D eigenvalue weighted by molar-refractivity contribution is 5.71. The number of unbranched alkanes of at least 4 members (excludes halogenated alkanes) is 19. The Kier molecular flexibility index (Phi) is 44.0. The number of carbonyl (C=O) groups excluding carboxylic acids is 3. The maximum atomic E-state index is 12.7. The first kappa shape index (κ1) is 54.9. The highest BCUT2D eigenvalue weighted by Crippen LogP contribution is 2.14. The van der Waals surface area contributed by atoms with Gasteiger partial charge in [-0.3, -0.25) is 14.4 Å². The maximum Gasteiger partial charge on any atom is 0.306 e. The first-order chi connectivity index (χ1) is 28.5. The first-order valence-corrected chi connectivity index (χ1v) is 23.9. The van der Waals surface area contributed by atoms with Crippen LogP contribution in [-0.2, 0) is 28.6 Å². The zero-order chi connectivity index (χ0) is 42.3. The minimum absolute atomic E-state index is 0.100. The van der Waals surface area contributed by atoms with E-state index in [0.717, 1.165) is 89.9 Å². The zero-order valence-corrected chi connectivity index (χ0v) is 37.8. The predicted molar refractivity (Wildman–Crippen MR) is 247 cm³/mol. The average molecular weight is 809 g/mol. The fourth-order valence-electron chi connectivity index (χ4n) is 6.35. The summed E-state index contributed by atoms with van der Waals surface area (Å²) in [6.45, 7) is 6.42. The van der Waals surface area contributed by atoms with Gasteiger partial charge in [0.1, 0.15) is 13.2 Å². The fourth-order valence-corrected chi connectivity index (χ4v) is 6.35. The number of esters is 3. The highest BCUT2D eigenvalue weighted by Gasteiger charge is 2.19. The Balaban J connectivity index is 4.41. The van der Waals surface area contributed by atoms with Crippen LogP contribution < -0.4 is 0 Å². The van der Waals surface area contributed by atoms with Crippen LogP contribution in [0.3, 0.4) is 0 Å². The van der Waals surface area contributed by atoms with E-state index in [4.69, 9.17) is 14.2 Å². The number of hydrogen-bond donors (Lipinski definition) is 0. The van der Waals surface area contributed by atoms with Crippen molar-refractivity contribution >= 4 is 17.9 Å². The van der Waals surface area contributed by atoms with Gasteiger partial charge in [-0.1, -0.05) is 190 Å². The summed E-state index contributed by atoms with van der Waals surface area (Å²) in [5, 5.41) is 0. The summed E-state index contributed by atoms with van der Waals surface area (Å²) in [5.41, 5.74) is 0. The number of carbonyl (C=O) groups is 3. The van der Waals surface area contributed by atoms with E-state index in [1.165, 1.54) is 83.5 Å². The van der Waals surface area contributed by atoms with Crippen LogP contribution in [0.4, 0.5) is 0 Å². The smallest absolute Gasteiger partial charge is 0.306 e. The lowest BCUT2D eigenvalue weighted by Crippen LogP contribution is -2.30. The van der Waals surface area contributed by atoms with Crippen LogP contribution >= 0.6 is 0 Å². The van der Waals surface area contributed by atoms with Gasteiger partial charge in [0.25, 0.3) is 0 Å². The molecule has 0 aliphatic carbocycles. The summed E-state index contributed by atoms with van der Waals surface area (Å²) >= 11 is 0. The third-order valence-corrected chi connectivity index (χ3v) is 9.95. The molecule has 0 N–H and O–H groups in total. The second-order valence-electron chi connectivity index (χ2n) is 15.6. The van der Waals surface area contributed by atoms with Gasteiger partial charge in [-0.25, -0.2) is 0 Å². The van der Waals surface area contributed by atoms with Crippen molar-refractivity contribution in [1.82, 2.24) is 0 Å². The molecular weight excluding hydrogens is 721 g/mol. The van der Waals surface area contributed by atoms with E-state index >= 15 is 0 Å². The van der Waals surface area contributed by atoms with Gasteiger partial charge in [0, 0.05) is 19.3 Å². The molecule has 0 spiro atoms. The second-order valence-corrected chi connectivity index (χ2v) is 15.6. The molecular formula is C52H88O6. The summed E-state index contributed by atoms with van der Waals surface area (Å²) in [7, 11) is 0. The van der Waals surface area contributed by atoms with Crippen LogP contribution in [0, 0.1) is 0 Å². The molecule has 0 aromatic heterocycles. The van der Waals surface area contributed by atoms with Crippen LogP contribution in [0.25, 0.3) is 0 Å². The highest BCUT2D eigenvalue weighted by atomic mass is 16.6. The summed E-state index contributed by atoms with van der Waals surface area (Å²) in [5.74, 6) is -0.967.